The molecule has 0 saturated carbocycles. The predicted molar refractivity (Wildman–Crippen MR) is 102 cm³/mol. The number of carbonyl (C=O) groups is 2. The van der Waals surface area contributed by atoms with E-state index in [-0.39, 0.29) is 36.5 Å². The van der Waals surface area contributed by atoms with E-state index in [0.717, 1.165) is 19.3 Å². The van der Waals surface area contributed by atoms with Crippen LogP contribution in [0.25, 0.3) is 0 Å². The molecule has 1 aliphatic heterocycles. The topological polar surface area (TPSA) is 52.7 Å². The van der Waals surface area contributed by atoms with E-state index >= 15 is 0 Å². The molecule has 1 heterocycles. The molecule has 0 aliphatic carbocycles. The van der Waals surface area contributed by atoms with Crippen LogP contribution in [0.4, 0.5) is 5.69 Å². The van der Waals surface area contributed by atoms with Gasteiger partial charge < -0.3 is 10.2 Å². The zero-order valence-electron chi connectivity index (χ0n) is 15.5. The fourth-order valence-electron chi connectivity index (χ4n) is 3.38. The summed E-state index contributed by atoms with van der Waals surface area (Å²) in [6, 6.07) is 7.27. The molecule has 2 rings (SSSR count). The average Bonchev–Trinajstić information content (AvgIpc) is 2.55. The number of hydrogen-bond acceptors (Lipinski definition) is 3. The van der Waals surface area contributed by atoms with Crippen LogP contribution in [-0.2, 0) is 9.59 Å². The second-order valence-electron chi connectivity index (χ2n) is 6.99. The number of hydrogen-bond donors (Lipinski definition) is 1. The van der Waals surface area contributed by atoms with Crippen LogP contribution in [-0.4, -0.2) is 53.3 Å². The molecule has 138 valence electrons. The number of carbonyl (C=O) groups excluding carboxylic acids is 2. The third kappa shape index (κ3) is 4.95. The molecule has 2 amide bonds. The Bertz CT molecular complexity index is 612. The van der Waals surface area contributed by atoms with Gasteiger partial charge >= 0.3 is 0 Å². The van der Waals surface area contributed by atoms with Gasteiger partial charge in [0.05, 0.1) is 23.3 Å². The highest BCUT2D eigenvalue weighted by molar-refractivity contribution is 6.33. The minimum absolute atomic E-state index is 0.0905. The van der Waals surface area contributed by atoms with Gasteiger partial charge in [-0.15, -0.1) is 0 Å². The molecule has 0 radical (unpaired) electrons. The van der Waals surface area contributed by atoms with E-state index in [1.165, 1.54) is 0 Å². The Labute approximate surface area is 155 Å². The average molecular weight is 366 g/mol. The van der Waals surface area contributed by atoms with Gasteiger partial charge in [0, 0.05) is 12.1 Å². The van der Waals surface area contributed by atoms with E-state index < -0.39 is 0 Å². The second kappa shape index (κ2) is 8.68. The van der Waals surface area contributed by atoms with Crippen LogP contribution in [0.15, 0.2) is 24.3 Å². The number of likely N-dealkylation sites (N-methyl/N-ethyl adjacent to an activating group) is 1. The highest BCUT2D eigenvalue weighted by Crippen LogP contribution is 2.24. The molecular formula is C19H28ClN3O2. The number of likely N-dealkylation sites (tertiary alicyclic amines) is 1. The Hall–Kier alpha value is -1.59. The van der Waals surface area contributed by atoms with Gasteiger partial charge in [0.15, 0.2) is 0 Å². The molecule has 1 saturated heterocycles. The zero-order valence-corrected chi connectivity index (χ0v) is 16.2. The molecule has 1 fully saturated rings. The van der Waals surface area contributed by atoms with Crippen LogP contribution in [0.5, 0.6) is 0 Å². The molecule has 1 aromatic rings. The van der Waals surface area contributed by atoms with Crippen molar-refractivity contribution < 1.29 is 9.59 Å². The molecule has 0 bridgehead atoms. The van der Waals surface area contributed by atoms with Crippen molar-refractivity contribution in [1.29, 1.82) is 0 Å². The highest BCUT2D eigenvalue weighted by atomic mass is 35.5. The first kappa shape index (κ1) is 19.7. The summed E-state index contributed by atoms with van der Waals surface area (Å²) in [4.78, 5) is 28.9. The van der Waals surface area contributed by atoms with Crippen molar-refractivity contribution in [2.45, 2.75) is 58.2 Å². The van der Waals surface area contributed by atoms with Crippen molar-refractivity contribution in [1.82, 2.24) is 9.80 Å². The highest BCUT2D eigenvalue weighted by Gasteiger charge is 2.33. The standard InChI is InChI=1S/C19H28ClN3O2/c1-13-8-7-9-14(2)23(13)19(25)15(3)22(4)12-18(24)21-17-11-6-5-10-16(17)20/h5-6,10-11,13-15H,7-9,12H2,1-4H3,(H,21,24)/t13-,14-,15-/m1/s1. The van der Waals surface area contributed by atoms with Crippen LogP contribution in [0.2, 0.25) is 5.02 Å². The number of para-hydroxylation sites is 1. The number of benzene rings is 1. The molecule has 0 unspecified atom stereocenters. The Balaban J connectivity index is 1.95. The van der Waals surface area contributed by atoms with Gasteiger partial charge in [0.2, 0.25) is 11.8 Å². The molecular weight excluding hydrogens is 338 g/mol. The van der Waals surface area contributed by atoms with Gasteiger partial charge in [0.25, 0.3) is 0 Å². The number of halogens is 1. The molecule has 1 N–H and O–H groups in total. The first-order valence-corrected chi connectivity index (χ1v) is 9.25. The number of anilines is 1. The number of amides is 2. The van der Waals surface area contributed by atoms with Gasteiger partial charge in [-0.25, -0.2) is 0 Å². The summed E-state index contributed by atoms with van der Waals surface area (Å²) < 4.78 is 0. The number of rotatable bonds is 5. The van der Waals surface area contributed by atoms with Crippen molar-refractivity contribution in [3.8, 4) is 0 Å². The van der Waals surface area contributed by atoms with E-state index in [2.05, 4.69) is 19.2 Å². The smallest absolute Gasteiger partial charge is 0.240 e. The Kier molecular flexibility index (Phi) is 6.85. The van der Waals surface area contributed by atoms with Crippen LogP contribution in [0.3, 0.4) is 0 Å². The van der Waals surface area contributed by atoms with Crippen LogP contribution >= 0.6 is 11.6 Å². The second-order valence-corrected chi connectivity index (χ2v) is 7.40. The molecule has 1 aromatic carbocycles. The molecule has 1 aliphatic rings. The molecule has 6 heteroatoms. The fraction of sp³-hybridized carbons (Fsp3) is 0.579. The fourth-order valence-corrected chi connectivity index (χ4v) is 3.56. The van der Waals surface area contributed by atoms with Gasteiger partial charge in [-0.05, 0) is 59.2 Å². The maximum Gasteiger partial charge on any atom is 0.240 e. The monoisotopic (exact) mass is 365 g/mol. The quantitative estimate of drug-likeness (QED) is 0.870. The largest absolute Gasteiger partial charge is 0.336 e. The van der Waals surface area contributed by atoms with Gasteiger partial charge in [-0.2, -0.15) is 0 Å². The summed E-state index contributed by atoms with van der Waals surface area (Å²) in [5.74, 6) is -0.0947. The minimum atomic E-state index is -0.347. The van der Waals surface area contributed by atoms with Crippen molar-refractivity contribution in [3.05, 3.63) is 29.3 Å². The zero-order chi connectivity index (χ0) is 18.6. The summed E-state index contributed by atoms with van der Waals surface area (Å²) in [6.45, 7) is 6.20. The first-order valence-electron chi connectivity index (χ1n) is 8.88. The van der Waals surface area contributed by atoms with Crippen LogP contribution < -0.4 is 5.32 Å². The Morgan fingerprint density at radius 2 is 1.88 bits per heavy atom. The summed E-state index contributed by atoms with van der Waals surface area (Å²) >= 11 is 6.06. The van der Waals surface area contributed by atoms with Crippen molar-refractivity contribution in [2.75, 3.05) is 18.9 Å². The summed E-state index contributed by atoms with van der Waals surface area (Å²) in [5, 5.41) is 3.29. The lowest BCUT2D eigenvalue weighted by atomic mass is 9.96. The maximum atomic E-state index is 12.9. The lowest BCUT2D eigenvalue weighted by molar-refractivity contribution is -0.142. The van der Waals surface area contributed by atoms with Crippen LogP contribution in [0.1, 0.15) is 40.0 Å². The third-order valence-corrected chi connectivity index (χ3v) is 5.34. The predicted octanol–water partition coefficient (Wildman–Crippen LogP) is 3.39. The summed E-state index contributed by atoms with van der Waals surface area (Å²) in [7, 11) is 1.80. The number of nitrogens with one attached hydrogen (secondary N) is 1. The van der Waals surface area contributed by atoms with E-state index in [9.17, 15) is 9.59 Å². The lowest BCUT2D eigenvalue weighted by Crippen LogP contribution is -2.54. The van der Waals surface area contributed by atoms with Gasteiger partial charge in [-0.1, -0.05) is 23.7 Å². The van der Waals surface area contributed by atoms with E-state index in [0.29, 0.717) is 10.7 Å². The molecule has 3 atom stereocenters. The van der Waals surface area contributed by atoms with Gasteiger partial charge in [0.1, 0.15) is 0 Å². The van der Waals surface area contributed by atoms with Gasteiger partial charge in [-0.3, -0.25) is 14.5 Å². The molecule has 25 heavy (non-hydrogen) atoms. The van der Waals surface area contributed by atoms with Crippen LogP contribution in [0, 0.1) is 0 Å². The normalized spacial score (nSPS) is 21.9. The number of nitrogens with zero attached hydrogens (tertiary/aromatic N) is 2. The van der Waals surface area contributed by atoms with E-state index in [1.807, 2.05) is 24.0 Å². The van der Waals surface area contributed by atoms with E-state index in [1.54, 1.807) is 24.1 Å². The van der Waals surface area contributed by atoms with Crippen molar-refractivity contribution in [3.63, 3.8) is 0 Å². The van der Waals surface area contributed by atoms with Crippen molar-refractivity contribution in [2.24, 2.45) is 0 Å². The maximum absolute atomic E-state index is 12.9. The number of piperidine rings is 1. The molecule has 5 nitrogen and oxygen atoms in total. The third-order valence-electron chi connectivity index (χ3n) is 5.01. The first-order chi connectivity index (χ1) is 11.8. The molecule has 0 spiro atoms. The molecule has 0 aromatic heterocycles. The minimum Gasteiger partial charge on any atom is -0.336 e. The van der Waals surface area contributed by atoms with E-state index in [4.69, 9.17) is 11.6 Å². The Morgan fingerprint density at radius 1 is 1.28 bits per heavy atom. The summed E-state index contributed by atoms with van der Waals surface area (Å²) in [6.07, 6.45) is 3.25. The lowest BCUT2D eigenvalue weighted by Gasteiger charge is -2.41. The SMILES string of the molecule is C[C@H](C(=O)N1[C@H](C)CCC[C@H]1C)N(C)CC(=O)Nc1ccccc1Cl. The van der Waals surface area contributed by atoms with Crippen molar-refractivity contribution >= 4 is 29.1 Å². The Morgan fingerprint density at radius 3 is 2.48 bits per heavy atom. The summed E-state index contributed by atoms with van der Waals surface area (Å²) in [5.41, 5.74) is 0.583.